The Morgan fingerprint density at radius 2 is 1.82 bits per heavy atom. The van der Waals surface area contributed by atoms with Crippen molar-refractivity contribution in [1.29, 1.82) is 0 Å². The fourth-order valence-electron chi connectivity index (χ4n) is 4.12. The summed E-state index contributed by atoms with van der Waals surface area (Å²) in [5, 5.41) is 0. The molecule has 0 aromatic heterocycles. The lowest BCUT2D eigenvalue weighted by Crippen LogP contribution is -2.49. The number of rotatable bonds is 4. The predicted molar refractivity (Wildman–Crippen MR) is 107 cm³/mol. The van der Waals surface area contributed by atoms with Crippen LogP contribution in [0.5, 0.6) is 5.75 Å². The molecule has 2 N–H and O–H groups in total. The Hall–Kier alpha value is -2.86. The van der Waals surface area contributed by atoms with Crippen LogP contribution in [0.4, 0.5) is 5.69 Å². The number of amides is 2. The zero-order valence-corrected chi connectivity index (χ0v) is 15.8. The molecular formula is C22H25N3O3. The van der Waals surface area contributed by atoms with Crippen LogP contribution in [-0.2, 0) is 9.59 Å². The van der Waals surface area contributed by atoms with Gasteiger partial charge in [0.05, 0.1) is 24.2 Å². The van der Waals surface area contributed by atoms with Gasteiger partial charge in [0, 0.05) is 6.54 Å². The minimum atomic E-state index is -0.281. The van der Waals surface area contributed by atoms with Gasteiger partial charge in [0.15, 0.2) is 0 Å². The van der Waals surface area contributed by atoms with Crippen LogP contribution in [0.2, 0.25) is 0 Å². The highest BCUT2D eigenvalue weighted by Crippen LogP contribution is 2.39. The van der Waals surface area contributed by atoms with Crippen molar-refractivity contribution in [3.8, 4) is 5.75 Å². The third kappa shape index (κ3) is 3.73. The molecule has 2 aromatic carbocycles. The Morgan fingerprint density at radius 1 is 1.07 bits per heavy atom. The molecule has 146 valence electrons. The third-order valence-electron chi connectivity index (χ3n) is 5.55. The molecule has 1 saturated heterocycles. The quantitative estimate of drug-likeness (QED) is 0.885. The number of carbonyl (C=O) groups excluding carboxylic acids is 2. The number of likely N-dealkylation sites (tertiary alicyclic amines) is 1. The molecule has 2 atom stereocenters. The number of carbonyl (C=O) groups is 2. The number of primary amides is 1. The van der Waals surface area contributed by atoms with Crippen molar-refractivity contribution in [3.63, 3.8) is 0 Å². The van der Waals surface area contributed by atoms with Crippen molar-refractivity contribution in [2.45, 2.75) is 18.9 Å². The topological polar surface area (TPSA) is 75.9 Å². The van der Waals surface area contributed by atoms with Gasteiger partial charge in [-0.25, -0.2) is 0 Å². The average Bonchev–Trinajstić information content (AvgIpc) is 2.73. The van der Waals surface area contributed by atoms with Crippen molar-refractivity contribution < 1.29 is 14.3 Å². The Labute approximate surface area is 164 Å². The van der Waals surface area contributed by atoms with Crippen molar-refractivity contribution in [2.24, 2.45) is 11.7 Å². The first kappa shape index (κ1) is 18.5. The number of fused-ring (bicyclic) bond motifs is 1. The average molecular weight is 379 g/mol. The molecule has 2 heterocycles. The highest BCUT2D eigenvalue weighted by molar-refractivity contribution is 5.97. The summed E-state index contributed by atoms with van der Waals surface area (Å²) in [4.78, 5) is 28.9. The molecule has 1 fully saturated rings. The fraction of sp³-hybridized carbons (Fsp3) is 0.364. The van der Waals surface area contributed by atoms with Crippen LogP contribution >= 0.6 is 0 Å². The Kier molecular flexibility index (Phi) is 5.30. The van der Waals surface area contributed by atoms with E-state index in [-0.39, 0.29) is 30.3 Å². The van der Waals surface area contributed by atoms with E-state index in [0.717, 1.165) is 36.4 Å². The summed E-state index contributed by atoms with van der Waals surface area (Å²) in [6, 6.07) is 17.4. The maximum absolute atomic E-state index is 13.4. The normalized spacial score (nSPS) is 22.2. The number of hydrogen-bond acceptors (Lipinski definition) is 4. The van der Waals surface area contributed by atoms with E-state index in [1.54, 1.807) is 0 Å². The van der Waals surface area contributed by atoms with Crippen molar-refractivity contribution in [1.82, 2.24) is 4.90 Å². The Morgan fingerprint density at radius 3 is 2.61 bits per heavy atom. The number of benzene rings is 2. The molecule has 6 nitrogen and oxygen atoms in total. The molecular weight excluding hydrogens is 354 g/mol. The minimum absolute atomic E-state index is 0.00900. The molecule has 28 heavy (non-hydrogen) atoms. The number of para-hydroxylation sites is 2. The summed E-state index contributed by atoms with van der Waals surface area (Å²) in [7, 11) is 0. The van der Waals surface area contributed by atoms with Crippen LogP contribution < -0.4 is 15.4 Å². The molecule has 0 bridgehead atoms. The number of anilines is 1. The van der Waals surface area contributed by atoms with Crippen LogP contribution in [0.1, 0.15) is 24.4 Å². The number of ether oxygens (including phenoxy) is 1. The summed E-state index contributed by atoms with van der Waals surface area (Å²) in [5.74, 6) is 0.269. The SMILES string of the molecule is NC(=O)[C@H]1CCCN(CC(=O)N2c3ccccc3OC[C@@H]2c2ccccc2)C1. The van der Waals surface area contributed by atoms with E-state index in [0.29, 0.717) is 13.2 Å². The van der Waals surface area contributed by atoms with Gasteiger partial charge in [0.1, 0.15) is 12.4 Å². The molecule has 0 spiro atoms. The lowest BCUT2D eigenvalue weighted by atomic mass is 9.97. The first-order chi connectivity index (χ1) is 13.6. The summed E-state index contributed by atoms with van der Waals surface area (Å²) in [5.41, 5.74) is 7.32. The highest BCUT2D eigenvalue weighted by Gasteiger charge is 2.35. The summed E-state index contributed by atoms with van der Waals surface area (Å²) in [6.07, 6.45) is 1.68. The smallest absolute Gasteiger partial charge is 0.241 e. The number of nitrogens with zero attached hydrogens (tertiary/aromatic N) is 2. The summed E-state index contributed by atoms with van der Waals surface area (Å²) >= 11 is 0. The minimum Gasteiger partial charge on any atom is -0.489 e. The third-order valence-corrected chi connectivity index (χ3v) is 5.55. The van der Waals surface area contributed by atoms with Gasteiger partial charge in [0.2, 0.25) is 11.8 Å². The van der Waals surface area contributed by atoms with Crippen LogP contribution in [0.3, 0.4) is 0 Å². The van der Waals surface area contributed by atoms with Crippen LogP contribution in [0, 0.1) is 5.92 Å². The predicted octanol–water partition coefficient (Wildman–Crippen LogP) is 2.35. The molecule has 2 amide bonds. The molecule has 0 saturated carbocycles. The molecule has 4 rings (SSSR count). The molecule has 2 aliphatic rings. The Balaban J connectivity index is 1.60. The first-order valence-electron chi connectivity index (χ1n) is 9.74. The van der Waals surface area contributed by atoms with E-state index in [4.69, 9.17) is 10.5 Å². The van der Waals surface area contributed by atoms with Crippen LogP contribution in [-0.4, -0.2) is 43.0 Å². The van der Waals surface area contributed by atoms with Gasteiger partial charge in [0.25, 0.3) is 0 Å². The second-order valence-corrected chi connectivity index (χ2v) is 7.45. The van der Waals surface area contributed by atoms with E-state index in [1.807, 2.05) is 64.4 Å². The van der Waals surface area contributed by atoms with Gasteiger partial charge in [-0.2, -0.15) is 0 Å². The zero-order chi connectivity index (χ0) is 19.5. The van der Waals surface area contributed by atoms with Crippen molar-refractivity contribution in [2.75, 3.05) is 31.1 Å². The number of nitrogens with two attached hydrogens (primary N) is 1. The van der Waals surface area contributed by atoms with E-state index in [9.17, 15) is 9.59 Å². The zero-order valence-electron chi connectivity index (χ0n) is 15.8. The largest absolute Gasteiger partial charge is 0.489 e. The van der Waals surface area contributed by atoms with Crippen molar-refractivity contribution in [3.05, 3.63) is 60.2 Å². The van der Waals surface area contributed by atoms with Gasteiger partial charge >= 0.3 is 0 Å². The standard InChI is InChI=1S/C22H25N3O3/c23-22(27)17-9-6-12-24(13-17)14-21(26)25-18-10-4-5-11-20(18)28-15-19(25)16-7-2-1-3-8-16/h1-5,7-8,10-11,17,19H,6,9,12-15H2,(H2,23,27)/t17-,19+/m0/s1. The molecule has 0 radical (unpaired) electrons. The lowest BCUT2D eigenvalue weighted by Gasteiger charge is -2.39. The monoisotopic (exact) mass is 379 g/mol. The molecule has 0 unspecified atom stereocenters. The summed E-state index contributed by atoms with van der Waals surface area (Å²) in [6.45, 7) is 2.03. The fourth-order valence-corrected chi connectivity index (χ4v) is 4.12. The van der Waals surface area contributed by atoms with E-state index in [1.165, 1.54) is 0 Å². The maximum atomic E-state index is 13.4. The van der Waals surface area contributed by atoms with Crippen LogP contribution in [0.15, 0.2) is 54.6 Å². The summed E-state index contributed by atoms with van der Waals surface area (Å²) < 4.78 is 5.94. The first-order valence-corrected chi connectivity index (χ1v) is 9.74. The lowest BCUT2D eigenvalue weighted by molar-refractivity contribution is -0.126. The molecule has 0 aliphatic carbocycles. The molecule has 2 aromatic rings. The van der Waals surface area contributed by atoms with Crippen LogP contribution in [0.25, 0.3) is 0 Å². The maximum Gasteiger partial charge on any atom is 0.241 e. The van der Waals surface area contributed by atoms with E-state index in [2.05, 4.69) is 0 Å². The van der Waals surface area contributed by atoms with Crippen molar-refractivity contribution >= 4 is 17.5 Å². The number of hydrogen-bond donors (Lipinski definition) is 1. The molecule has 6 heteroatoms. The van der Waals surface area contributed by atoms with Gasteiger partial charge in [-0.1, -0.05) is 42.5 Å². The second kappa shape index (κ2) is 8.02. The Bertz CT molecular complexity index is 855. The van der Waals surface area contributed by atoms with Gasteiger partial charge in [-0.15, -0.1) is 0 Å². The highest BCUT2D eigenvalue weighted by atomic mass is 16.5. The van der Waals surface area contributed by atoms with E-state index < -0.39 is 0 Å². The second-order valence-electron chi connectivity index (χ2n) is 7.45. The number of piperidine rings is 1. The van der Waals surface area contributed by atoms with Gasteiger partial charge in [-0.05, 0) is 37.1 Å². The molecule has 2 aliphatic heterocycles. The van der Waals surface area contributed by atoms with Gasteiger partial charge < -0.3 is 10.5 Å². The van der Waals surface area contributed by atoms with E-state index >= 15 is 0 Å². The van der Waals surface area contributed by atoms with Gasteiger partial charge in [-0.3, -0.25) is 19.4 Å².